The van der Waals surface area contributed by atoms with Gasteiger partial charge in [-0.1, -0.05) is 12.1 Å². The topological polar surface area (TPSA) is 35.5 Å². The summed E-state index contributed by atoms with van der Waals surface area (Å²) in [4.78, 5) is 0. The molecule has 1 rings (SSSR count). The molecule has 0 aromatic heterocycles. The Morgan fingerprint density at radius 3 is 2.31 bits per heavy atom. The lowest BCUT2D eigenvalue weighted by Crippen LogP contribution is -2.14. The highest BCUT2D eigenvalue weighted by molar-refractivity contribution is 14.1. The molecule has 0 atom stereocenters. The van der Waals surface area contributed by atoms with Gasteiger partial charge in [-0.05, 0) is 55.0 Å². The van der Waals surface area contributed by atoms with Crippen molar-refractivity contribution >= 4 is 35.5 Å². The van der Waals surface area contributed by atoms with Gasteiger partial charge in [-0.15, -0.1) is 0 Å². The third-order valence-electron chi connectivity index (χ3n) is 2.06. The highest BCUT2D eigenvalue weighted by atomic mass is 127. The van der Waals surface area contributed by atoms with Crippen molar-refractivity contribution in [3.05, 3.63) is 27.3 Å². The predicted molar refractivity (Wildman–Crippen MR) is 74.4 cm³/mol. The van der Waals surface area contributed by atoms with Crippen LogP contribution < -0.4 is 5.30 Å². The average molecular weight is 354 g/mol. The number of rotatable bonds is 5. The van der Waals surface area contributed by atoms with Crippen LogP contribution in [0.15, 0.2) is 18.2 Å². The van der Waals surface area contributed by atoms with Crippen molar-refractivity contribution in [3.8, 4) is 0 Å². The molecule has 1 aromatic rings. The van der Waals surface area contributed by atoms with Gasteiger partial charge in [-0.2, -0.15) is 0 Å². The molecule has 0 heterocycles. The second-order valence-corrected chi connectivity index (χ2v) is 6.31. The van der Waals surface area contributed by atoms with Crippen LogP contribution in [0.1, 0.15) is 19.4 Å². The highest BCUT2D eigenvalue weighted by Gasteiger charge is 2.29. The zero-order chi connectivity index (χ0) is 12.2. The molecule has 16 heavy (non-hydrogen) atoms. The van der Waals surface area contributed by atoms with Gasteiger partial charge in [-0.3, -0.25) is 4.57 Å². The molecule has 1 aromatic carbocycles. The molecule has 0 aliphatic rings. The van der Waals surface area contributed by atoms with Gasteiger partial charge in [0.25, 0.3) is 0 Å². The highest BCUT2D eigenvalue weighted by Crippen LogP contribution is 2.48. The minimum Gasteiger partial charge on any atom is -0.305 e. The van der Waals surface area contributed by atoms with E-state index in [9.17, 15) is 4.57 Å². The first kappa shape index (κ1) is 14.2. The number of aryl methyl sites for hydroxylation is 1. The van der Waals surface area contributed by atoms with Crippen LogP contribution in [0.2, 0.25) is 0 Å². The normalized spacial score (nSPS) is 11.8. The quantitative estimate of drug-likeness (QED) is 0.600. The predicted octanol–water partition coefficient (Wildman–Crippen LogP) is 3.49. The maximum absolute atomic E-state index is 12.5. The van der Waals surface area contributed by atoms with Crippen LogP contribution >= 0.6 is 30.2 Å². The second kappa shape index (κ2) is 6.15. The number of hydrogen-bond donors (Lipinski definition) is 0. The van der Waals surface area contributed by atoms with Crippen molar-refractivity contribution in [2.45, 2.75) is 20.8 Å². The molecule has 90 valence electrons. The van der Waals surface area contributed by atoms with Crippen molar-refractivity contribution in [3.63, 3.8) is 0 Å². The standard InChI is InChI=1S/C11H16IO3P/c1-4-14-16(13,15-5-2)10-8-6-7-9(3)11(10)12/h6-8H,4-5H2,1-3H3. The van der Waals surface area contributed by atoms with E-state index in [1.807, 2.05) is 32.9 Å². The molecule has 0 spiro atoms. The van der Waals surface area contributed by atoms with Crippen molar-refractivity contribution in [1.82, 2.24) is 0 Å². The maximum Gasteiger partial charge on any atom is 0.362 e. The Kier molecular flexibility index (Phi) is 5.44. The summed E-state index contributed by atoms with van der Waals surface area (Å²) < 4.78 is 24.1. The van der Waals surface area contributed by atoms with E-state index in [0.29, 0.717) is 18.5 Å². The molecule has 0 saturated heterocycles. The van der Waals surface area contributed by atoms with Crippen LogP contribution in [0, 0.1) is 10.5 Å². The summed E-state index contributed by atoms with van der Waals surface area (Å²) in [5.74, 6) is 0. The van der Waals surface area contributed by atoms with Crippen LogP contribution in [0.25, 0.3) is 0 Å². The molecule has 0 radical (unpaired) electrons. The summed E-state index contributed by atoms with van der Waals surface area (Å²) >= 11 is 2.18. The maximum atomic E-state index is 12.5. The summed E-state index contributed by atoms with van der Waals surface area (Å²) in [6, 6.07) is 5.66. The Morgan fingerprint density at radius 1 is 1.25 bits per heavy atom. The first-order valence-electron chi connectivity index (χ1n) is 5.20. The van der Waals surface area contributed by atoms with Gasteiger partial charge in [0, 0.05) is 3.57 Å². The molecule has 0 unspecified atom stereocenters. The fourth-order valence-electron chi connectivity index (χ4n) is 1.36. The van der Waals surface area contributed by atoms with E-state index < -0.39 is 7.60 Å². The minimum absolute atomic E-state index is 0.376. The molecule has 0 aliphatic carbocycles. The molecular weight excluding hydrogens is 338 g/mol. The van der Waals surface area contributed by atoms with E-state index in [2.05, 4.69) is 22.6 Å². The van der Waals surface area contributed by atoms with E-state index in [1.165, 1.54) is 0 Å². The number of benzene rings is 1. The van der Waals surface area contributed by atoms with Crippen LogP contribution in [0.4, 0.5) is 0 Å². The summed E-state index contributed by atoms with van der Waals surface area (Å²) in [6.45, 7) is 6.36. The van der Waals surface area contributed by atoms with Crippen molar-refractivity contribution in [1.29, 1.82) is 0 Å². The van der Waals surface area contributed by atoms with E-state index in [1.54, 1.807) is 6.07 Å². The van der Waals surface area contributed by atoms with Gasteiger partial charge >= 0.3 is 7.60 Å². The molecule has 5 heteroatoms. The zero-order valence-corrected chi connectivity index (χ0v) is 12.7. The Morgan fingerprint density at radius 2 is 1.81 bits per heavy atom. The monoisotopic (exact) mass is 354 g/mol. The fourth-order valence-corrected chi connectivity index (χ4v) is 4.32. The third kappa shape index (κ3) is 3.06. The summed E-state index contributed by atoms with van der Waals surface area (Å²) in [7, 11) is -3.14. The van der Waals surface area contributed by atoms with E-state index in [-0.39, 0.29) is 0 Å². The molecule has 0 N–H and O–H groups in total. The van der Waals surface area contributed by atoms with Crippen LogP contribution in [0.5, 0.6) is 0 Å². The van der Waals surface area contributed by atoms with Crippen molar-refractivity contribution < 1.29 is 13.6 Å². The SMILES string of the molecule is CCOP(=O)(OCC)c1cccc(C)c1I. The van der Waals surface area contributed by atoms with E-state index >= 15 is 0 Å². The number of hydrogen-bond acceptors (Lipinski definition) is 3. The fraction of sp³-hybridized carbons (Fsp3) is 0.455. The van der Waals surface area contributed by atoms with Gasteiger partial charge in [0.05, 0.1) is 18.5 Å². The lowest BCUT2D eigenvalue weighted by molar-refractivity contribution is 0.229. The molecular formula is C11H16IO3P. The smallest absolute Gasteiger partial charge is 0.305 e. The summed E-state index contributed by atoms with van der Waals surface area (Å²) in [6.07, 6.45) is 0. The van der Waals surface area contributed by atoms with Crippen LogP contribution in [0.3, 0.4) is 0 Å². The average Bonchev–Trinajstić information content (AvgIpc) is 2.22. The Balaban J connectivity index is 3.21. The Bertz CT molecular complexity index is 396. The van der Waals surface area contributed by atoms with Gasteiger partial charge < -0.3 is 9.05 Å². The van der Waals surface area contributed by atoms with E-state index in [0.717, 1.165) is 9.13 Å². The van der Waals surface area contributed by atoms with Crippen molar-refractivity contribution in [2.24, 2.45) is 0 Å². The minimum atomic E-state index is -3.14. The summed E-state index contributed by atoms with van der Waals surface area (Å²) in [5, 5.41) is 0.664. The Hall–Kier alpha value is 0.100. The van der Waals surface area contributed by atoms with Gasteiger partial charge in [0.2, 0.25) is 0 Å². The molecule has 3 nitrogen and oxygen atoms in total. The van der Waals surface area contributed by atoms with Crippen LogP contribution in [-0.4, -0.2) is 13.2 Å². The third-order valence-corrected chi connectivity index (χ3v) is 6.08. The molecule has 0 fully saturated rings. The first-order valence-corrected chi connectivity index (χ1v) is 7.82. The van der Waals surface area contributed by atoms with Gasteiger partial charge in [-0.25, -0.2) is 0 Å². The van der Waals surface area contributed by atoms with Crippen LogP contribution in [-0.2, 0) is 13.6 Å². The second-order valence-electron chi connectivity index (χ2n) is 3.24. The lowest BCUT2D eigenvalue weighted by atomic mass is 10.2. The van der Waals surface area contributed by atoms with E-state index in [4.69, 9.17) is 9.05 Å². The van der Waals surface area contributed by atoms with Gasteiger partial charge in [0.15, 0.2) is 0 Å². The summed E-state index contributed by atoms with van der Waals surface area (Å²) in [5.41, 5.74) is 1.08. The van der Waals surface area contributed by atoms with Gasteiger partial charge in [0.1, 0.15) is 0 Å². The molecule has 0 aliphatic heterocycles. The molecule has 0 bridgehead atoms. The first-order chi connectivity index (χ1) is 7.55. The largest absolute Gasteiger partial charge is 0.362 e. The Labute approximate surface area is 110 Å². The zero-order valence-electron chi connectivity index (χ0n) is 9.70. The molecule has 0 saturated carbocycles. The lowest BCUT2D eigenvalue weighted by Gasteiger charge is -2.19. The molecule has 0 amide bonds. The van der Waals surface area contributed by atoms with Crippen molar-refractivity contribution in [2.75, 3.05) is 13.2 Å². The number of halogens is 1.